The first-order chi connectivity index (χ1) is 13.2. The number of hydrogen-bond donors (Lipinski definition) is 0. The van der Waals surface area contributed by atoms with Crippen LogP contribution in [0.4, 0.5) is 4.39 Å². The Bertz CT molecular complexity index is 961. The monoisotopic (exact) mass is 398 g/mol. The van der Waals surface area contributed by atoms with Gasteiger partial charge >= 0.3 is 5.97 Å². The van der Waals surface area contributed by atoms with Crippen LogP contribution in [0.2, 0.25) is 0 Å². The summed E-state index contributed by atoms with van der Waals surface area (Å²) in [7, 11) is 0. The van der Waals surface area contributed by atoms with Crippen LogP contribution in [-0.4, -0.2) is 15.7 Å². The van der Waals surface area contributed by atoms with Crippen molar-refractivity contribution < 1.29 is 13.9 Å². The van der Waals surface area contributed by atoms with E-state index in [-0.39, 0.29) is 17.8 Å². The van der Waals surface area contributed by atoms with Crippen molar-refractivity contribution in [3.8, 4) is 5.88 Å². The molecule has 146 valence electrons. The molecule has 0 atom stereocenters. The lowest BCUT2D eigenvalue weighted by Gasteiger charge is -2.22. The number of aromatic nitrogens is 2. The number of carbonyl (C=O) groups is 1. The Morgan fingerprint density at radius 2 is 1.75 bits per heavy atom. The molecule has 3 rings (SSSR count). The van der Waals surface area contributed by atoms with Crippen molar-refractivity contribution in [2.75, 3.05) is 0 Å². The number of rotatable bonds is 5. The summed E-state index contributed by atoms with van der Waals surface area (Å²) >= 11 is 1.52. The Balaban J connectivity index is 1.90. The minimum atomic E-state index is -0.410. The molecule has 0 amide bonds. The van der Waals surface area contributed by atoms with Crippen LogP contribution < -0.4 is 4.74 Å². The number of carbonyl (C=O) groups excluding carboxylic acids is 1. The fourth-order valence-corrected chi connectivity index (χ4v) is 3.61. The lowest BCUT2D eigenvalue weighted by Crippen LogP contribution is -2.26. The molecular formula is C22H23FN2O2S. The van der Waals surface area contributed by atoms with Crippen molar-refractivity contribution in [1.29, 1.82) is 0 Å². The van der Waals surface area contributed by atoms with E-state index in [1.807, 2.05) is 58.0 Å². The van der Waals surface area contributed by atoms with Crippen molar-refractivity contribution >= 4 is 17.7 Å². The normalized spacial score (nSPS) is 11.5. The quantitative estimate of drug-likeness (QED) is 0.541. The number of ether oxygens (including phenoxy) is 1. The van der Waals surface area contributed by atoms with Crippen molar-refractivity contribution in [1.82, 2.24) is 9.78 Å². The maximum atomic E-state index is 13.1. The molecule has 0 saturated carbocycles. The van der Waals surface area contributed by atoms with Gasteiger partial charge in [0.2, 0.25) is 5.88 Å². The first kappa shape index (κ1) is 20.1. The zero-order valence-electron chi connectivity index (χ0n) is 16.4. The molecule has 0 aliphatic heterocycles. The number of halogens is 1. The van der Waals surface area contributed by atoms with Gasteiger partial charge in [-0.15, -0.1) is 0 Å². The van der Waals surface area contributed by atoms with Crippen LogP contribution in [0.1, 0.15) is 32.0 Å². The smallest absolute Gasteiger partial charge is 0.317 e. The van der Waals surface area contributed by atoms with Gasteiger partial charge in [0.05, 0.1) is 22.5 Å². The van der Waals surface area contributed by atoms with Crippen molar-refractivity contribution in [3.63, 3.8) is 0 Å². The minimum absolute atomic E-state index is 0.0596. The molecule has 1 aromatic heterocycles. The van der Waals surface area contributed by atoms with Gasteiger partial charge in [0.25, 0.3) is 0 Å². The van der Waals surface area contributed by atoms with E-state index < -0.39 is 5.97 Å². The maximum Gasteiger partial charge on any atom is 0.317 e. The van der Waals surface area contributed by atoms with Gasteiger partial charge in [-0.25, -0.2) is 9.07 Å². The predicted molar refractivity (Wildman–Crippen MR) is 108 cm³/mol. The van der Waals surface area contributed by atoms with E-state index in [4.69, 9.17) is 4.74 Å². The first-order valence-corrected chi connectivity index (χ1v) is 9.84. The molecule has 0 bridgehead atoms. The summed E-state index contributed by atoms with van der Waals surface area (Å²) in [6.45, 7) is 7.93. The number of benzene rings is 2. The Morgan fingerprint density at radius 3 is 2.36 bits per heavy atom. The molecule has 1 heterocycles. The average molecular weight is 399 g/mol. The molecule has 0 N–H and O–H groups in total. The highest BCUT2D eigenvalue weighted by molar-refractivity contribution is 7.99. The standard InChI is InChI=1S/C22H23FN2O2S/c1-15-20(28-18-8-6-5-7-9-18)21(25(24-15)22(2,3)4)27-19(26)14-16-10-12-17(23)13-11-16/h5-13H,14H2,1-4H3. The van der Waals surface area contributed by atoms with Gasteiger partial charge in [-0.2, -0.15) is 5.10 Å². The van der Waals surface area contributed by atoms with E-state index in [0.29, 0.717) is 11.4 Å². The largest absolute Gasteiger partial charge is 0.406 e. The number of nitrogens with zero attached hydrogens (tertiary/aromatic N) is 2. The highest BCUT2D eigenvalue weighted by Gasteiger charge is 2.27. The van der Waals surface area contributed by atoms with E-state index in [9.17, 15) is 9.18 Å². The highest BCUT2D eigenvalue weighted by Crippen LogP contribution is 2.40. The second-order valence-electron chi connectivity index (χ2n) is 7.49. The van der Waals surface area contributed by atoms with Crippen LogP contribution in [0.25, 0.3) is 0 Å². The topological polar surface area (TPSA) is 44.1 Å². The fraction of sp³-hybridized carbons (Fsp3) is 0.273. The van der Waals surface area contributed by atoms with Gasteiger partial charge in [0.15, 0.2) is 0 Å². The lowest BCUT2D eigenvalue weighted by molar-refractivity contribution is -0.134. The van der Waals surface area contributed by atoms with Gasteiger partial charge in [-0.3, -0.25) is 4.79 Å². The molecule has 0 spiro atoms. The molecule has 4 nitrogen and oxygen atoms in total. The SMILES string of the molecule is Cc1nn(C(C)(C)C)c(OC(=O)Cc2ccc(F)cc2)c1Sc1ccccc1. The molecule has 0 fully saturated rings. The zero-order valence-corrected chi connectivity index (χ0v) is 17.2. The van der Waals surface area contributed by atoms with Crippen LogP contribution in [0.3, 0.4) is 0 Å². The fourth-order valence-electron chi connectivity index (χ4n) is 2.67. The van der Waals surface area contributed by atoms with E-state index in [0.717, 1.165) is 15.5 Å². The molecule has 0 unspecified atom stereocenters. The molecule has 0 saturated heterocycles. The number of aryl methyl sites for hydroxylation is 1. The Hall–Kier alpha value is -2.60. The number of hydrogen-bond acceptors (Lipinski definition) is 4. The van der Waals surface area contributed by atoms with E-state index in [1.54, 1.807) is 16.8 Å². The third-order valence-corrected chi connectivity index (χ3v) is 5.22. The average Bonchev–Trinajstić information content (AvgIpc) is 2.94. The van der Waals surface area contributed by atoms with Crippen LogP contribution >= 0.6 is 11.8 Å². The molecule has 2 aromatic carbocycles. The molecular weight excluding hydrogens is 375 g/mol. The molecule has 0 radical (unpaired) electrons. The maximum absolute atomic E-state index is 13.1. The summed E-state index contributed by atoms with van der Waals surface area (Å²) in [4.78, 5) is 14.4. The third-order valence-electron chi connectivity index (χ3n) is 4.04. The van der Waals surface area contributed by atoms with E-state index in [1.165, 1.54) is 23.9 Å². The summed E-state index contributed by atoms with van der Waals surface area (Å²) in [5, 5.41) is 4.62. The molecule has 28 heavy (non-hydrogen) atoms. The Kier molecular flexibility index (Phi) is 5.89. The van der Waals surface area contributed by atoms with Crippen LogP contribution in [0.15, 0.2) is 64.4 Å². The molecule has 3 aromatic rings. The van der Waals surface area contributed by atoms with E-state index in [2.05, 4.69) is 5.10 Å². The van der Waals surface area contributed by atoms with Gasteiger partial charge < -0.3 is 4.74 Å². The van der Waals surface area contributed by atoms with Crippen molar-refractivity contribution in [2.24, 2.45) is 0 Å². The highest BCUT2D eigenvalue weighted by atomic mass is 32.2. The molecule has 6 heteroatoms. The lowest BCUT2D eigenvalue weighted by atomic mass is 10.1. The van der Waals surface area contributed by atoms with Crippen molar-refractivity contribution in [2.45, 2.75) is 49.4 Å². The van der Waals surface area contributed by atoms with Gasteiger partial charge in [0.1, 0.15) is 5.82 Å². The zero-order chi connectivity index (χ0) is 20.3. The molecule has 0 aliphatic carbocycles. The van der Waals surface area contributed by atoms with Crippen molar-refractivity contribution in [3.05, 3.63) is 71.7 Å². The second kappa shape index (κ2) is 8.19. The van der Waals surface area contributed by atoms with Gasteiger partial charge in [-0.1, -0.05) is 42.1 Å². The predicted octanol–water partition coefficient (Wildman–Crippen LogP) is 5.38. The first-order valence-electron chi connectivity index (χ1n) is 9.02. The molecule has 0 aliphatic rings. The summed E-state index contributed by atoms with van der Waals surface area (Å²) < 4.78 is 20.6. The van der Waals surface area contributed by atoms with Gasteiger partial charge in [0, 0.05) is 4.90 Å². The number of esters is 1. The summed E-state index contributed by atoms with van der Waals surface area (Å²) in [6, 6.07) is 15.7. The third kappa shape index (κ3) is 4.81. The summed E-state index contributed by atoms with van der Waals surface area (Å²) in [5.41, 5.74) is 1.14. The Morgan fingerprint density at radius 1 is 1.11 bits per heavy atom. The summed E-state index contributed by atoms with van der Waals surface area (Å²) in [5.74, 6) is -0.307. The Labute approximate surface area is 168 Å². The van der Waals surface area contributed by atoms with Crippen LogP contribution in [0.5, 0.6) is 5.88 Å². The van der Waals surface area contributed by atoms with Crippen LogP contribution in [0, 0.1) is 12.7 Å². The van der Waals surface area contributed by atoms with Gasteiger partial charge in [-0.05, 0) is 57.5 Å². The minimum Gasteiger partial charge on any atom is -0.406 e. The second-order valence-corrected chi connectivity index (χ2v) is 8.58. The van der Waals surface area contributed by atoms with E-state index >= 15 is 0 Å². The van der Waals surface area contributed by atoms with Crippen LogP contribution in [-0.2, 0) is 16.8 Å². The summed E-state index contributed by atoms with van der Waals surface area (Å²) in [6.07, 6.45) is 0.0596.